The van der Waals surface area contributed by atoms with Gasteiger partial charge in [0.15, 0.2) is 0 Å². The maximum atomic E-state index is 13.9. The predicted octanol–water partition coefficient (Wildman–Crippen LogP) is 3.11. The second-order valence-electron chi connectivity index (χ2n) is 14.5. The summed E-state index contributed by atoms with van der Waals surface area (Å²) in [6, 6.07) is 16.9. The fraction of sp³-hybridized carbons (Fsp3) is 0.429. The van der Waals surface area contributed by atoms with Crippen LogP contribution < -0.4 is 26.2 Å². The molecule has 3 aromatic rings. The van der Waals surface area contributed by atoms with Gasteiger partial charge in [-0.15, -0.1) is 0 Å². The highest BCUT2D eigenvalue weighted by Crippen LogP contribution is 2.26. The summed E-state index contributed by atoms with van der Waals surface area (Å²) >= 11 is 0. The molecule has 0 radical (unpaired) electrons. The molecule has 18 heteroatoms. The minimum absolute atomic E-state index is 0.0305. The molecule has 60 heavy (non-hydrogen) atoms. The van der Waals surface area contributed by atoms with Gasteiger partial charge in [-0.1, -0.05) is 24.3 Å². The summed E-state index contributed by atoms with van der Waals surface area (Å²) in [5.74, 6) is -2.09. The van der Waals surface area contributed by atoms with Crippen molar-refractivity contribution in [2.24, 2.45) is 0 Å². The molecule has 6 amide bonds. The fourth-order valence-corrected chi connectivity index (χ4v) is 7.35. The molecule has 2 aliphatic rings. The molecule has 2 saturated heterocycles. The van der Waals surface area contributed by atoms with Crippen molar-refractivity contribution < 1.29 is 52.8 Å². The number of methoxy groups -OCH3 is 2. The van der Waals surface area contributed by atoms with E-state index in [1.807, 2.05) is 29.2 Å². The van der Waals surface area contributed by atoms with E-state index in [1.54, 1.807) is 36.4 Å². The summed E-state index contributed by atoms with van der Waals surface area (Å²) in [5.41, 5.74) is 3.56. The highest BCUT2D eigenvalue weighted by molar-refractivity contribution is 5.99. The van der Waals surface area contributed by atoms with Gasteiger partial charge in [0.1, 0.15) is 30.0 Å². The van der Waals surface area contributed by atoms with E-state index in [2.05, 4.69) is 30.7 Å². The number of aliphatic hydroxyl groups excluding tert-OH is 2. The average Bonchev–Trinajstić information content (AvgIpc) is 3.96. The van der Waals surface area contributed by atoms with E-state index in [9.17, 15) is 43.4 Å². The van der Waals surface area contributed by atoms with Crippen molar-refractivity contribution in [2.75, 3.05) is 56.1 Å². The second kappa shape index (κ2) is 21.7. The third kappa shape index (κ3) is 11.9. The number of aliphatic hydroxyl groups is 2. The third-order valence-electron chi connectivity index (χ3n) is 10.4. The van der Waals surface area contributed by atoms with Gasteiger partial charge in [0.25, 0.3) is 0 Å². The molecule has 5 rings (SSSR count). The van der Waals surface area contributed by atoms with Crippen LogP contribution in [0.25, 0.3) is 0 Å². The van der Waals surface area contributed by atoms with Crippen LogP contribution in [0.3, 0.4) is 0 Å². The predicted molar refractivity (Wildman–Crippen MR) is 218 cm³/mol. The number of carbonyl (C=O) groups excluding carboxylic acids is 6. The summed E-state index contributed by atoms with van der Waals surface area (Å²) in [5, 5.41) is 29.5. The van der Waals surface area contributed by atoms with Gasteiger partial charge in [-0.05, 0) is 98.2 Å². The minimum Gasteiger partial charge on any atom is -0.453 e. The van der Waals surface area contributed by atoms with E-state index in [1.165, 1.54) is 36.2 Å². The van der Waals surface area contributed by atoms with Crippen LogP contribution in [0.15, 0.2) is 72.8 Å². The largest absolute Gasteiger partial charge is 0.453 e. The molecule has 2 aliphatic heterocycles. The van der Waals surface area contributed by atoms with Crippen molar-refractivity contribution in [1.29, 1.82) is 0 Å². The van der Waals surface area contributed by atoms with E-state index in [0.29, 0.717) is 63.2 Å². The minimum atomic E-state index is -1.04. The lowest BCUT2D eigenvalue weighted by atomic mass is 10.1. The van der Waals surface area contributed by atoms with Crippen molar-refractivity contribution >= 4 is 52.9 Å². The monoisotopic (exact) mass is 833 g/mol. The van der Waals surface area contributed by atoms with Gasteiger partial charge >= 0.3 is 12.2 Å². The Bertz CT molecular complexity index is 1830. The van der Waals surface area contributed by atoms with Crippen LogP contribution >= 0.6 is 0 Å². The maximum Gasteiger partial charge on any atom is 0.407 e. The number of alkyl carbamates (subject to hydrolysis) is 2. The van der Waals surface area contributed by atoms with Crippen molar-refractivity contribution in [3.63, 3.8) is 0 Å². The number of nitrogens with one attached hydrogen (secondary N) is 4. The molecular weight excluding hydrogens is 781 g/mol. The summed E-state index contributed by atoms with van der Waals surface area (Å²) in [6.45, 7) is 0.785. The number of halogens is 1. The smallest absolute Gasteiger partial charge is 0.407 e. The molecule has 2 fully saturated rings. The van der Waals surface area contributed by atoms with Crippen molar-refractivity contribution in [3.05, 3.63) is 89.7 Å². The zero-order valence-corrected chi connectivity index (χ0v) is 33.6. The number of carbonyl (C=O) groups is 6. The standard InChI is InChI=1S/C42H52FN7O10/c1-59-41(57)46-33(19-23-51)39(55)49-21-3-5-35(49)37(53)44-30-13-7-27(8-14-30)25-48(32-17-11-29(43)12-18-32)26-28-9-15-31(16-10-28)45-38(54)36-6-4-22-50(36)40(56)34(20-24-52)47-42(58)60-2/h7-18,33-36,51-52H,3-6,19-26H2,1-2H3,(H,44,53)(H,45,54)(H,46,57)(H,47,58)/t33-,34?,35?,36-/m0/s1. The molecular formula is C42H52FN7O10. The molecule has 4 atom stereocenters. The number of amides is 6. The lowest BCUT2D eigenvalue weighted by Gasteiger charge is -2.28. The second-order valence-corrected chi connectivity index (χ2v) is 14.5. The molecule has 3 aromatic carbocycles. The molecule has 17 nitrogen and oxygen atoms in total. The van der Waals surface area contributed by atoms with Crippen LogP contribution in [0.1, 0.15) is 49.7 Å². The average molecular weight is 834 g/mol. The quantitative estimate of drug-likeness (QED) is 0.116. The molecule has 0 aliphatic carbocycles. The Morgan fingerprint density at radius 3 is 1.43 bits per heavy atom. The molecule has 322 valence electrons. The first kappa shape index (κ1) is 44.8. The molecule has 0 bridgehead atoms. The Morgan fingerprint density at radius 2 is 1.07 bits per heavy atom. The zero-order chi connectivity index (χ0) is 43.2. The summed E-state index contributed by atoms with van der Waals surface area (Å²) in [6.07, 6.45) is 0.369. The third-order valence-corrected chi connectivity index (χ3v) is 10.4. The van der Waals surface area contributed by atoms with Crippen molar-refractivity contribution in [1.82, 2.24) is 20.4 Å². The number of benzene rings is 3. The van der Waals surface area contributed by atoms with Crippen molar-refractivity contribution in [2.45, 2.75) is 75.8 Å². The number of anilines is 3. The van der Waals surface area contributed by atoms with E-state index in [0.717, 1.165) is 16.8 Å². The molecule has 0 saturated carbocycles. The van der Waals surface area contributed by atoms with Gasteiger partial charge in [-0.3, -0.25) is 19.2 Å². The Kier molecular flexibility index (Phi) is 16.2. The lowest BCUT2D eigenvalue weighted by molar-refractivity contribution is -0.138. The molecule has 2 heterocycles. The lowest BCUT2D eigenvalue weighted by Crippen LogP contribution is -2.52. The highest BCUT2D eigenvalue weighted by atomic mass is 19.1. The van der Waals surface area contributed by atoms with Gasteiger partial charge in [-0.25, -0.2) is 14.0 Å². The van der Waals surface area contributed by atoms with Crippen LogP contribution in [-0.2, 0) is 41.7 Å². The van der Waals surface area contributed by atoms with Gasteiger partial charge in [-0.2, -0.15) is 0 Å². The van der Waals surface area contributed by atoms with Gasteiger partial charge in [0.05, 0.1) is 14.2 Å². The zero-order valence-electron chi connectivity index (χ0n) is 33.6. The first-order chi connectivity index (χ1) is 28.9. The Labute approximate surface area is 347 Å². The SMILES string of the molecule is COC(=O)NC(CCO)C(=O)N1CCC[C@H]1C(=O)Nc1ccc(CN(Cc2ccc(NC(=O)C3CCCN3C(=O)[C@H](CCO)NC(=O)OC)cc2)c2ccc(F)cc2)cc1. The summed E-state index contributed by atoms with van der Waals surface area (Å²) < 4.78 is 23.2. The summed E-state index contributed by atoms with van der Waals surface area (Å²) in [7, 11) is 2.34. The highest BCUT2D eigenvalue weighted by Gasteiger charge is 2.39. The van der Waals surface area contributed by atoms with Crippen LogP contribution in [0, 0.1) is 5.82 Å². The number of ether oxygens (including phenoxy) is 2. The topological polar surface area (TPSA) is 219 Å². The Morgan fingerprint density at radius 1 is 0.667 bits per heavy atom. The Hall–Kier alpha value is -6.27. The van der Waals surface area contributed by atoms with E-state index in [-0.39, 0.29) is 43.7 Å². The number of hydrogen-bond acceptors (Lipinski definition) is 11. The number of hydrogen-bond donors (Lipinski definition) is 6. The normalized spacial score (nSPS) is 16.9. The van der Waals surface area contributed by atoms with Crippen molar-refractivity contribution in [3.8, 4) is 0 Å². The number of rotatable bonds is 17. The number of likely N-dealkylation sites (tertiary alicyclic amines) is 2. The first-order valence-corrected chi connectivity index (χ1v) is 19.8. The fourth-order valence-electron chi connectivity index (χ4n) is 7.35. The molecule has 0 spiro atoms. The molecule has 2 unspecified atom stereocenters. The van der Waals surface area contributed by atoms with Crippen LogP contribution in [0.4, 0.5) is 31.0 Å². The van der Waals surface area contributed by atoms with E-state index >= 15 is 0 Å². The first-order valence-electron chi connectivity index (χ1n) is 19.8. The van der Waals surface area contributed by atoms with Crippen LogP contribution in [0.5, 0.6) is 0 Å². The molecule has 6 N–H and O–H groups in total. The maximum absolute atomic E-state index is 13.9. The van der Waals surface area contributed by atoms with Gasteiger partial charge < -0.3 is 55.7 Å². The molecule has 0 aromatic heterocycles. The van der Waals surface area contributed by atoms with E-state index in [4.69, 9.17) is 0 Å². The summed E-state index contributed by atoms with van der Waals surface area (Å²) in [4.78, 5) is 81.7. The Balaban J connectivity index is 1.21. The van der Waals surface area contributed by atoms with Gasteiger partial charge in [0.2, 0.25) is 23.6 Å². The number of nitrogens with zero attached hydrogens (tertiary/aromatic N) is 3. The van der Waals surface area contributed by atoms with Gasteiger partial charge in [0, 0.05) is 56.5 Å². The van der Waals surface area contributed by atoms with Crippen LogP contribution in [0.2, 0.25) is 0 Å². The van der Waals surface area contributed by atoms with Crippen LogP contribution in [-0.4, -0.2) is 121 Å². The van der Waals surface area contributed by atoms with E-state index < -0.39 is 48.2 Å².